The smallest absolute Gasteiger partial charge is 1.00 e. The number of halogens is 2. The summed E-state index contributed by atoms with van der Waals surface area (Å²) in [5.74, 6) is -5.76. The number of alkyl halides is 2. The number of nitro groups is 3. The van der Waals surface area contributed by atoms with Crippen molar-refractivity contribution in [1.29, 1.82) is 0 Å². The van der Waals surface area contributed by atoms with E-state index >= 15 is 0 Å². The molecule has 0 aliphatic carbocycles. The first kappa shape index (κ1) is 125. The van der Waals surface area contributed by atoms with Crippen molar-refractivity contribution < 1.29 is 209 Å². The molecule has 3 atom stereocenters. The molecule has 5 aromatic rings. The van der Waals surface area contributed by atoms with Crippen LogP contribution >= 0.6 is 66.0 Å². The van der Waals surface area contributed by atoms with E-state index in [1.54, 1.807) is 69.2 Å². The molecule has 0 aliphatic rings. The summed E-state index contributed by atoms with van der Waals surface area (Å²) < 4.78 is 88.5. The van der Waals surface area contributed by atoms with Gasteiger partial charge in [-0.1, -0.05) is 31.9 Å². The number of esters is 9. The van der Waals surface area contributed by atoms with Gasteiger partial charge >= 0.3 is 89.6 Å². The Morgan fingerprint density at radius 3 is 0.937 bits per heavy atom. The largest absolute Gasteiger partial charge is 1.00 e. The van der Waals surface area contributed by atoms with E-state index in [9.17, 15) is 97.9 Å². The number of hydrogen-bond donors (Lipinski definition) is 4. The molecular weight excluding hydrogens is 1920 g/mol. The number of carbonyl (C=O) groups excluding carboxylic acids is 12. The van der Waals surface area contributed by atoms with Gasteiger partial charge in [-0.25, -0.2) is 38.4 Å². The molecule has 0 bridgehead atoms. The Morgan fingerprint density at radius 1 is 0.417 bits per heavy atom. The van der Waals surface area contributed by atoms with E-state index in [4.69, 9.17) is 86.4 Å². The van der Waals surface area contributed by atoms with Crippen LogP contribution in [0.5, 0.6) is 57.5 Å². The molecule has 0 aliphatic heterocycles. The molecule has 0 fully saturated rings. The number of benzene rings is 5. The monoisotopic (exact) mass is 2010 g/mol. The van der Waals surface area contributed by atoms with Gasteiger partial charge in [0, 0.05) is 43.1 Å². The molecule has 5 rings (SSSR count). The van der Waals surface area contributed by atoms with Gasteiger partial charge < -0.3 is 107 Å². The van der Waals surface area contributed by atoms with Crippen LogP contribution in [-0.2, 0) is 102 Å². The molecule has 3 unspecified atom stereocenters. The van der Waals surface area contributed by atoms with Crippen molar-refractivity contribution in [2.24, 2.45) is 5.34 Å². The molecule has 697 valence electrons. The third-order valence-electron chi connectivity index (χ3n) is 12.7. The van der Waals surface area contributed by atoms with E-state index < -0.39 is 120 Å². The SMILES string of the molecule is CCO.CCOC(=O)CBr.CCOC(=O)COc1cc(C=O)c([N+](=O)[O-])cc1OCC(=O)OCC.CCOC(=O)COc1cc(CBr)c([N+](=O)[O-])cc1OCC(=O)OCC.CCOC(=O)COc1cc(CO)c([N+](=O)[O-])cc1OCC(=O)OCC.CCOC(=O)COc1ccc(C=O)cc1OCC(=O)OCC.O=Cc1ccc(O)c(O)c1.O=NOB(P)P(P)P.[B].[H-].[Na+]. The van der Waals surface area contributed by atoms with Crippen molar-refractivity contribution in [2.75, 3.05) is 124 Å². The average Bonchev–Trinajstić information content (AvgIpc) is 0.823. The van der Waals surface area contributed by atoms with Crippen LogP contribution in [0, 0.1) is 35.3 Å². The molecule has 127 heavy (non-hydrogen) atoms. The van der Waals surface area contributed by atoms with Gasteiger partial charge in [-0.3, -0.25) is 49.5 Å². The maximum atomic E-state index is 11.4. The fraction of sp³-hybridized carbons (Fsp3) is 0.425. The first-order valence-corrected chi connectivity index (χ1v) is 43.8. The topological polar surface area (TPSA) is 611 Å². The Labute approximate surface area is 778 Å². The first-order chi connectivity index (χ1) is 59.5. The minimum Gasteiger partial charge on any atom is -1.00 e. The Morgan fingerprint density at radius 2 is 0.685 bits per heavy atom. The van der Waals surface area contributed by atoms with Crippen LogP contribution in [0.15, 0.2) is 78.1 Å². The fourth-order valence-electron chi connectivity index (χ4n) is 7.71. The van der Waals surface area contributed by atoms with Crippen molar-refractivity contribution in [1.82, 2.24) is 0 Å². The molecule has 0 amide bonds. The molecule has 0 spiro atoms. The first-order valence-electron chi connectivity index (χ1n) is 36.3. The van der Waals surface area contributed by atoms with Gasteiger partial charge in [0.15, 0.2) is 117 Å². The van der Waals surface area contributed by atoms with Gasteiger partial charge in [0.05, 0.1) is 110 Å². The minimum absolute atomic E-state index is 0. The van der Waals surface area contributed by atoms with E-state index in [-0.39, 0.29) is 217 Å². The number of aliphatic hydroxyl groups excluding tert-OH is 2. The molecule has 0 saturated heterocycles. The zero-order valence-corrected chi connectivity index (χ0v) is 80.3. The molecular formula is C73H98B2Br2N4NaO41P4. The predicted octanol–water partition coefficient (Wildman–Crippen LogP) is 6.21. The molecule has 54 heteroatoms. The number of carbonyl (C=O) groups is 12. The zero-order valence-electron chi connectivity index (χ0n) is 71.8. The van der Waals surface area contributed by atoms with Crippen molar-refractivity contribution in [3.8, 4) is 57.5 Å². The summed E-state index contributed by atoms with van der Waals surface area (Å²) in [5.41, 5.74) is -0.439. The third kappa shape index (κ3) is 57.2. The van der Waals surface area contributed by atoms with E-state index in [0.29, 0.717) is 41.2 Å². The van der Waals surface area contributed by atoms with Gasteiger partial charge in [-0.05, 0) is 125 Å². The van der Waals surface area contributed by atoms with E-state index in [1.807, 2.05) is 0 Å². The molecule has 45 nitrogen and oxygen atoms in total. The summed E-state index contributed by atoms with van der Waals surface area (Å²) in [6, 6.07) is 14.9. The summed E-state index contributed by atoms with van der Waals surface area (Å²) in [4.78, 5) is 174. The molecule has 3 radical (unpaired) electrons. The number of ether oxygens (including phenoxy) is 17. The summed E-state index contributed by atoms with van der Waals surface area (Å²) in [5, 5.41) is 70.4. The number of rotatable bonds is 45. The number of aliphatic hydroxyl groups is 2. The number of aromatic hydroxyl groups is 2. The molecule has 4 N–H and O–H groups in total. The summed E-state index contributed by atoms with van der Waals surface area (Å²) >= 11 is 6.10. The van der Waals surface area contributed by atoms with Crippen LogP contribution in [0.4, 0.5) is 17.1 Å². The molecule has 5 aromatic carbocycles. The van der Waals surface area contributed by atoms with E-state index in [2.05, 4.69) is 78.4 Å². The summed E-state index contributed by atoms with van der Waals surface area (Å²) in [7, 11) is 7.04. The van der Waals surface area contributed by atoms with Gasteiger partial charge in [0.25, 0.3) is 17.1 Å². The van der Waals surface area contributed by atoms with Gasteiger partial charge in [0.2, 0.25) is 0 Å². The maximum Gasteiger partial charge on any atom is 1.00 e. The zero-order chi connectivity index (χ0) is 95.4. The third-order valence-corrected chi connectivity index (χ3v) is 19.4. The van der Waals surface area contributed by atoms with Crippen molar-refractivity contribution >= 4 is 170 Å². The van der Waals surface area contributed by atoms with E-state index in [1.165, 1.54) is 42.5 Å². The second-order valence-corrected chi connectivity index (χ2v) is 30.7. The van der Waals surface area contributed by atoms with Crippen LogP contribution in [-0.4, -0.2) is 247 Å². The Hall–Kier alpha value is -10.3. The summed E-state index contributed by atoms with van der Waals surface area (Å²) in [6.45, 7) is 14.7. The van der Waals surface area contributed by atoms with Gasteiger partial charge in [-0.15, -0.1) is 31.9 Å². The maximum absolute atomic E-state index is 11.4. The van der Waals surface area contributed by atoms with E-state index in [0.717, 1.165) is 30.3 Å². The van der Waals surface area contributed by atoms with Gasteiger partial charge in [0.1, 0.15) is 23.2 Å². The second kappa shape index (κ2) is 76.9. The molecule has 0 heterocycles. The van der Waals surface area contributed by atoms with Crippen LogP contribution in [0.1, 0.15) is 113 Å². The normalized spacial score (nSPS) is 9.46. The summed E-state index contributed by atoms with van der Waals surface area (Å²) in [6.07, 6.45) is 1.34. The molecule has 0 aromatic heterocycles. The average molecular weight is 2020 g/mol. The number of aldehydes is 3. The minimum atomic E-state index is -0.782. The van der Waals surface area contributed by atoms with Gasteiger partial charge in [-0.2, -0.15) is 0 Å². The number of phenolic OH excluding ortho intramolecular Hbond substituents is 2. The Balaban J connectivity index is -0.000000349. The molecule has 0 saturated carbocycles. The van der Waals surface area contributed by atoms with Crippen molar-refractivity contribution in [3.63, 3.8) is 0 Å². The predicted molar refractivity (Wildman–Crippen MR) is 466 cm³/mol. The van der Waals surface area contributed by atoms with Crippen LogP contribution in [0.2, 0.25) is 0 Å². The fourth-order valence-corrected chi connectivity index (χ4v) is 8.84. The number of nitrogens with zero attached hydrogens (tertiary/aromatic N) is 4. The van der Waals surface area contributed by atoms with Crippen molar-refractivity contribution in [3.05, 3.63) is 136 Å². The number of hydrogen-bond acceptors (Lipinski definition) is 42. The van der Waals surface area contributed by atoms with Crippen LogP contribution < -0.4 is 67.5 Å². The Kier molecular flexibility index (Phi) is 75.8. The number of nitro benzene ring substituents is 3. The van der Waals surface area contributed by atoms with Crippen LogP contribution in [0.25, 0.3) is 0 Å². The number of phenols is 2. The standard InChI is InChI=1S/C15H18BrNO8.C15H19NO9.C15H17NO9.C15H18O7.C7H6O3.C4H7BrO2.C2H6O.BH6NO2P4.B.Na.H/c1-3-22-14(18)8-24-12-5-10(7-16)11(17(20)21)6-13(12)25-9-15(19)23-4-2;2*1-3-22-14(18)8-24-12-5-10(7-17)11(16(20)21)6-13(12)25-9-15(19)23-4-2;1-3-19-14(17)9-21-12-6-5-11(8-16)7-13(12)22-10-15(18)20-4-2;8-4-5-1-2-6(9)7(10)3-5;1-2-7-4(6)3-5;1-2-3;3-2-4-1(5)8(6)7;;;/h5-6H,3-4,7-9H2,1-2H3;5-6,17H,3-4,7-9H2,1-2H3;5-7H,3-4,8-9H2,1-2H3;5-8H,3-4,9-10H2,1-2H3;1-4,9-10H;2-3H2,1H3;3H,2H2,1H3;5-7H2;;;/q;;;;;;;;;+1;-1. The quantitative estimate of drug-likeness (QED) is 0.00321. The second-order valence-electron chi connectivity index (χ2n) is 21.6. The van der Waals surface area contributed by atoms with Crippen molar-refractivity contribution in [2.45, 2.75) is 81.2 Å². The van der Waals surface area contributed by atoms with Crippen LogP contribution in [0.3, 0.4) is 0 Å². The Bertz CT molecular complexity index is 4150.